The lowest BCUT2D eigenvalue weighted by molar-refractivity contribution is -0.138. The molecule has 17 heavy (non-hydrogen) atoms. The number of para-hydroxylation sites is 1. The van der Waals surface area contributed by atoms with E-state index in [0.29, 0.717) is 6.54 Å². The van der Waals surface area contributed by atoms with Crippen molar-refractivity contribution in [2.24, 2.45) is 0 Å². The highest BCUT2D eigenvalue weighted by Crippen LogP contribution is 2.27. The van der Waals surface area contributed by atoms with Crippen LogP contribution in [0.4, 0.5) is 0 Å². The first kappa shape index (κ1) is 13.5. The average Bonchev–Trinajstić information content (AvgIpc) is 2.28. The second kappa shape index (κ2) is 6.25. The molecular weight excluding hydrogens is 218 g/mol. The van der Waals surface area contributed by atoms with Crippen LogP contribution in [0.5, 0.6) is 5.75 Å². The van der Waals surface area contributed by atoms with Gasteiger partial charge in [0.25, 0.3) is 0 Å². The molecular formula is C13H19NO3. The first-order chi connectivity index (χ1) is 8.06. The Bertz CT molecular complexity index is 379. The van der Waals surface area contributed by atoms with Gasteiger partial charge in [-0.25, -0.2) is 0 Å². The maximum Gasteiger partial charge on any atom is 0.317 e. The summed E-state index contributed by atoms with van der Waals surface area (Å²) in [5.74, 6) is -0.632. The zero-order valence-electron chi connectivity index (χ0n) is 10.3. The van der Waals surface area contributed by atoms with Gasteiger partial charge in [-0.05, 0) is 26.0 Å². The highest BCUT2D eigenvalue weighted by atomic mass is 16.4. The Hall–Kier alpha value is -1.55. The van der Waals surface area contributed by atoms with E-state index in [0.717, 1.165) is 12.0 Å². The number of phenolic OH excluding ortho intramolecular Hbond substituents is 1. The zero-order valence-corrected chi connectivity index (χ0v) is 10.3. The Morgan fingerprint density at radius 1 is 1.41 bits per heavy atom. The van der Waals surface area contributed by atoms with Crippen LogP contribution in [0.25, 0.3) is 0 Å². The summed E-state index contributed by atoms with van der Waals surface area (Å²) in [7, 11) is 0. The van der Waals surface area contributed by atoms with Crippen LogP contribution in [-0.4, -0.2) is 34.2 Å². The first-order valence-electron chi connectivity index (χ1n) is 5.80. The SMILES string of the molecule is CCCN(CC(=O)O)C(C)c1ccccc1O. The van der Waals surface area contributed by atoms with E-state index < -0.39 is 5.97 Å². The van der Waals surface area contributed by atoms with E-state index in [1.54, 1.807) is 12.1 Å². The minimum atomic E-state index is -0.847. The van der Waals surface area contributed by atoms with Gasteiger partial charge in [0, 0.05) is 11.6 Å². The molecule has 0 spiro atoms. The predicted molar refractivity (Wildman–Crippen MR) is 66.0 cm³/mol. The monoisotopic (exact) mass is 237 g/mol. The standard InChI is InChI=1S/C13H19NO3/c1-3-8-14(9-13(16)17)10(2)11-6-4-5-7-12(11)15/h4-7,10,15H,3,8-9H2,1-2H3,(H,16,17). The molecule has 0 aliphatic heterocycles. The Morgan fingerprint density at radius 2 is 2.06 bits per heavy atom. The van der Waals surface area contributed by atoms with Crippen molar-refractivity contribution in [1.82, 2.24) is 4.90 Å². The molecule has 1 unspecified atom stereocenters. The first-order valence-corrected chi connectivity index (χ1v) is 5.80. The number of rotatable bonds is 6. The summed E-state index contributed by atoms with van der Waals surface area (Å²) in [6.45, 7) is 4.60. The molecule has 1 aromatic rings. The van der Waals surface area contributed by atoms with E-state index in [9.17, 15) is 9.90 Å². The number of hydrogen-bond donors (Lipinski definition) is 2. The lowest BCUT2D eigenvalue weighted by Gasteiger charge is -2.27. The van der Waals surface area contributed by atoms with Crippen LogP contribution in [0.1, 0.15) is 31.9 Å². The van der Waals surface area contributed by atoms with E-state index >= 15 is 0 Å². The van der Waals surface area contributed by atoms with Gasteiger partial charge >= 0.3 is 5.97 Å². The molecule has 0 aliphatic rings. The molecule has 0 amide bonds. The maximum atomic E-state index is 10.8. The molecule has 0 radical (unpaired) electrons. The molecule has 94 valence electrons. The van der Waals surface area contributed by atoms with E-state index in [4.69, 9.17) is 5.11 Å². The van der Waals surface area contributed by atoms with Gasteiger partial charge in [-0.2, -0.15) is 0 Å². The highest BCUT2D eigenvalue weighted by molar-refractivity contribution is 5.69. The van der Waals surface area contributed by atoms with Crippen LogP contribution >= 0.6 is 0 Å². The fourth-order valence-corrected chi connectivity index (χ4v) is 1.91. The van der Waals surface area contributed by atoms with E-state index in [2.05, 4.69) is 0 Å². The Kier molecular flexibility index (Phi) is 4.97. The lowest BCUT2D eigenvalue weighted by Crippen LogP contribution is -2.33. The van der Waals surface area contributed by atoms with E-state index in [-0.39, 0.29) is 18.3 Å². The Labute approximate surface area is 101 Å². The fraction of sp³-hybridized carbons (Fsp3) is 0.462. The van der Waals surface area contributed by atoms with Crippen molar-refractivity contribution in [2.45, 2.75) is 26.3 Å². The molecule has 0 fully saturated rings. The van der Waals surface area contributed by atoms with E-state index in [1.807, 2.05) is 30.9 Å². The smallest absolute Gasteiger partial charge is 0.317 e. The molecule has 1 aromatic carbocycles. The molecule has 0 saturated heterocycles. The third-order valence-corrected chi connectivity index (χ3v) is 2.78. The summed E-state index contributed by atoms with van der Waals surface area (Å²) >= 11 is 0. The molecule has 4 heteroatoms. The van der Waals surface area contributed by atoms with Crippen molar-refractivity contribution in [3.05, 3.63) is 29.8 Å². The Balaban J connectivity index is 2.87. The van der Waals surface area contributed by atoms with Gasteiger partial charge in [0.05, 0.1) is 6.54 Å². The van der Waals surface area contributed by atoms with Crippen molar-refractivity contribution >= 4 is 5.97 Å². The van der Waals surface area contributed by atoms with E-state index in [1.165, 1.54) is 0 Å². The quantitative estimate of drug-likeness (QED) is 0.796. The lowest BCUT2D eigenvalue weighted by atomic mass is 10.1. The zero-order chi connectivity index (χ0) is 12.8. The highest BCUT2D eigenvalue weighted by Gasteiger charge is 2.19. The number of nitrogens with zero attached hydrogens (tertiary/aromatic N) is 1. The van der Waals surface area contributed by atoms with Crippen LogP contribution in [0.2, 0.25) is 0 Å². The summed E-state index contributed by atoms with van der Waals surface area (Å²) in [4.78, 5) is 12.6. The number of aromatic hydroxyl groups is 1. The number of carboxylic acid groups (broad SMARTS) is 1. The van der Waals surface area contributed by atoms with Crippen molar-refractivity contribution < 1.29 is 15.0 Å². The molecule has 0 bridgehead atoms. The number of carbonyl (C=O) groups is 1. The molecule has 0 aromatic heterocycles. The van der Waals surface area contributed by atoms with Gasteiger partial charge in [0.1, 0.15) is 5.75 Å². The summed E-state index contributed by atoms with van der Waals surface area (Å²) in [5, 5.41) is 18.6. The molecule has 0 heterocycles. The molecule has 1 rings (SSSR count). The maximum absolute atomic E-state index is 10.8. The average molecular weight is 237 g/mol. The third-order valence-electron chi connectivity index (χ3n) is 2.78. The topological polar surface area (TPSA) is 60.8 Å². The largest absolute Gasteiger partial charge is 0.508 e. The number of carboxylic acids is 1. The Morgan fingerprint density at radius 3 is 2.59 bits per heavy atom. The molecule has 0 aliphatic carbocycles. The number of hydrogen-bond acceptors (Lipinski definition) is 3. The van der Waals surface area contributed by atoms with Crippen LogP contribution in [0.3, 0.4) is 0 Å². The molecule has 1 atom stereocenters. The van der Waals surface area contributed by atoms with Crippen molar-refractivity contribution in [1.29, 1.82) is 0 Å². The van der Waals surface area contributed by atoms with Crippen LogP contribution in [0, 0.1) is 0 Å². The van der Waals surface area contributed by atoms with Crippen LogP contribution in [-0.2, 0) is 4.79 Å². The summed E-state index contributed by atoms with van der Waals surface area (Å²) in [5.41, 5.74) is 0.766. The van der Waals surface area contributed by atoms with Gasteiger partial charge in [0.15, 0.2) is 0 Å². The summed E-state index contributed by atoms with van der Waals surface area (Å²) in [6, 6.07) is 6.94. The predicted octanol–water partition coefficient (Wildman–Crippen LogP) is 2.25. The number of benzene rings is 1. The summed E-state index contributed by atoms with van der Waals surface area (Å²) < 4.78 is 0. The molecule has 2 N–H and O–H groups in total. The van der Waals surface area contributed by atoms with Crippen LogP contribution < -0.4 is 0 Å². The second-order valence-electron chi connectivity index (χ2n) is 4.10. The van der Waals surface area contributed by atoms with Gasteiger partial charge < -0.3 is 10.2 Å². The molecule has 0 saturated carbocycles. The normalized spacial score (nSPS) is 12.6. The van der Waals surface area contributed by atoms with Crippen molar-refractivity contribution in [3.63, 3.8) is 0 Å². The third kappa shape index (κ3) is 3.75. The molecule has 4 nitrogen and oxygen atoms in total. The van der Waals surface area contributed by atoms with Gasteiger partial charge in [-0.3, -0.25) is 9.69 Å². The van der Waals surface area contributed by atoms with Crippen LogP contribution in [0.15, 0.2) is 24.3 Å². The van der Waals surface area contributed by atoms with Crippen molar-refractivity contribution in [3.8, 4) is 5.75 Å². The van der Waals surface area contributed by atoms with Gasteiger partial charge in [-0.15, -0.1) is 0 Å². The van der Waals surface area contributed by atoms with Gasteiger partial charge in [-0.1, -0.05) is 25.1 Å². The minimum absolute atomic E-state index is 0.0106. The number of phenols is 1. The summed E-state index contributed by atoms with van der Waals surface area (Å²) in [6.07, 6.45) is 0.880. The minimum Gasteiger partial charge on any atom is -0.508 e. The van der Waals surface area contributed by atoms with Crippen molar-refractivity contribution in [2.75, 3.05) is 13.1 Å². The number of aliphatic carboxylic acids is 1. The fourth-order valence-electron chi connectivity index (χ4n) is 1.91. The second-order valence-corrected chi connectivity index (χ2v) is 4.10. The van der Waals surface area contributed by atoms with Gasteiger partial charge in [0.2, 0.25) is 0 Å².